The van der Waals surface area contributed by atoms with Crippen molar-refractivity contribution in [1.29, 1.82) is 0 Å². The van der Waals surface area contributed by atoms with Gasteiger partial charge in [0.1, 0.15) is 0 Å². The van der Waals surface area contributed by atoms with Crippen molar-refractivity contribution in [2.75, 3.05) is 0 Å². The quantitative estimate of drug-likeness (QED) is 0.536. The molecule has 2 nitrogen and oxygen atoms in total. The molecule has 0 radical (unpaired) electrons. The summed E-state index contributed by atoms with van der Waals surface area (Å²) in [7, 11) is 0. The Balaban J connectivity index is 2.46. The predicted molar refractivity (Wildman–Crippen MR) is 88.6 cm³/mol. The van der Waals surface area contributed by atoms with Crippen LogP contribution in [0.15, 0.2) is 45.3 Å². The second-order valence-corrected chi connectivity index (χ2v) is 6.49. The summed E-state index contributed by atoms with van der Waals surface area (Å²) >= 11 is 12.6. The largest absolute Gasteiger partial charge is 0.330 e. The van der Waals surface area contributed by atoms with Gasteiger partial charge in [0, 0.05) is 8.95 Å². The normalized spacial score (nSPS) is 11.1. The molecule has 0 atom stereocenters. The first-order valence-electron chi connectivity index (χ1n) is 5.73. The molecule has 0 saturated carbocycles. The number of fused-ring (bicyclic) bond motifs is 1. The number of benzene rings is 2. The van der Waals surface area contributed by atoms with E-state index < -0.39 is 0 Å². The lowest BCUT2D eigenvalue weighted by molar-refractivity contribution is 1.05. The third-order valence-electron chi connectivity index (χ3n) is 3.06. The topological polar surface area (TPSA) is 20.7 Å². The number of para-hydroxylation sites is 1. The van der Waals surface area contributed by atoms with E-state index in [1.54, 1.807) is 0 Å². The second-order valence-electron chi connectivity index (χ2n) is 4.33. The maximum absolute atomic E-state index is 5.47. The molecule has 0 bridgehead atoms. The Bertz CT molecular complexity index is 833. The van der Waals surface area contributed by atoms with Crippen molar-refractivity contribution < 1.29 is 0 Å². The molecule has 0 unspecified atom stereocenters. The van der Waals surface area contributed by atoms with Gasteiger partial charge in [0.05, 0.1) is 16.7 Å². The molecule has 0 aliphatic rings. The molecule has 0 aliphatic heterocycles. The van der Waals surface area contributed by atoms with Crippen molar-refractivity contribution in [2.45, 2.75) is 6.92 Å². The third kappa shape index (κ3) is 2.20. The van der Waals surface area contributed by atoms with Crippen LogP contribution in [0.1, 0.15) is 5.56 Å². The fraction of sp³-hybridized carbons (Fsp3) is 0.0714. The van der Waals surface area contributed by atoms with Gasteiger partial charge in [0.15, 0.2) is 4.77 Å². The van der Waals surface area contributed by atoms with Crippen molar-refractivity contribution in [3.05, 3.63) is 55.7 Å². The molecular weight excluding hydrogens is 388 g/mol. The van der Waals surface area contributed by atoms with E-state index in [4.69, 9.17) is 12.2 Å². The van der Waals surface area contributed by atoms with E-state index in [1.165, 1.54) is 5.56 Å². The van der Waals surface area contributed by atoms with Gasteiger partial charge in [-0.25, -0.2) is 0 Å². The van der Waals surface area contributed by atoms with E-state index in [0.717, 1.165) is 25.7 Å². The molecule has 1 aromatic heterocycles. The molecule has 0 fully saturated rings. The number of hydrogen-bond donors (Lipinski definition) is 1. The Morgan fingerprint density at radius 1 is 1.16 bits per heavy atom. The molecule has 0 aliphatic carbocycles. The van der Waals surface area contributed by atoms with Crippen LogP contribution in [0, 0.1) is 11.7 Å². The van der Waals surface area contributed by atoms with E-state index in [2.05, 4.69) is 60.5 Å². The Hall–Kier alpha value is -0.910. The van der Waals surface area contributed by atoms with Crippen molar-refractivity contribution in [2.24, 2.45) is 0 Å². The molecule has 1 heterocycles. The SMILES string of the molecule is Cc1cccc2[nH]c(=S)n(-c3cc(Br)ccc3Br)c12. The van der Waals surface area contributed by atoms with Gasteiger partial charge in [-0.05, 0) is 64.9 Å². The minimum Gasteiger partial charge on any atom is -0.330 e. The average Bonchev–Trinajstić information content (AvgIpc) is 2.70. The number of aryl methyl sites for hydroxylation is 1. The first-order valence-corrected chi connectivity index (χ1v) is 7.73. The van der Waals surface area contributed by atoms with Crippen molar-refractivity contribution in [1.82, 2.24) is 9.55 Å². The van der Waals surface area contributed by atoms with Gasteiger partial charge < -0.3 is 4.98 Å². The van der Waals surface area contributed by atoms with E-state index in [1.807, 2.05) is 24.3 Å². The standard InChI is InChI=1S/C14H10Br2N2S/c1-8-3-2-4-11-13(8)18(14(19)17-11)12-7-9(15)5-6-10(12)16/h2-7H,1H3,(H,17,19). The highest BCUT2D eigenvalue weighted by Crippen LogP contribution is 2.29. The Labute approximate surface area is 132 Å². The number of nitrogens with zero attached hydrogens (tertiary/aromatic N) is 1. The minimum absolute atomic E-state index is 0.697. The molecule has 2 aromatic carbocycles. The Morgan fingerprint density at radius 2 is 1.95 bits per heavy atom. The number of halogens is 2. The van der Waals surface area contributed by atoms with Crippen LogP contribution in [-0.2, 0) is 0 Å². The van der Waals surface area contributed by atoms with Gasteiger partial charge in [-0.1, -0.05) is 28.1 Å². The number of hydrogen-bond acceptors (Lipinski definition) is 1. The molecule has 1 N–H and O–H groups in total. The first kappa shape index (κ1) is 13.1. The zero-order chi connectivity index (χ0) is 13.6. The van der Waals surface area contributed by atoms with Gasteiger partial charge in [0.25, 0.3) is 0 Å². The highest BCUT2D eigenvalue weighted by Gasteiger charge is 2.11. The van der Waals surface area contributed by atoms with Gasteiger partial charge in [-0.15, -0.1) is 0 Å². The van der Waals surface area contributed by atoms with E-state index in [9.17, 15) is 0 Å². The van der Waals surface area contributed by atoms with Crippen LogP contribution in [0.2, 0.25) is 0 Å². The summed E-state index contributed by atoms with van der Waals surface area (Å²) in [4.78, 5) is 3.25. The van der Waals surface area contributed by atoms with Crippen LogP contribution in [0.4, 0.5) is 0 Å². The van der Waals surface area contributed by atoms with Crippen LogP contribution in [0.3, 0.4) is 0 Å². The Kier molecular flexibility index (Phi) is 3.37. The smallest absolute Gasteiger partial charge is 0.182 e. The van der Waals surface area contributed by atoms with E-state index in [0.29, 0.717) is 4.77 Å². The third-order valence-corrected chi connectivity index (χ3v) is 4.50. The molecule has 5 heteroatoms. The van der Waals surface area contributed by atoms with Crippen LogP contribution in [0.25, 0.3) is 16.7 Å². The zero-order valence-corrected chi connectivity index (χ0v) is 14.1. The number of aromatic nitrogens is 2. The summed E-state index contributed by atoms with van der Waals surface area (Å²) in [5.41, 5.74) is 4.39. The molecule has 19 heavy (non-hydrogen) atoms. The summed E-state index contributed by atoms with van der Waals surface area (Å²) in [6.45, 7) is 2.09. The molecule has 3 aromatic rings. The lowest BCUT2D eigenvalue weighted by Crippen LogP contribution is -1.96. The van der Waals surface area contributed by atoms with Crippen molar-refractivity contribution in [3.63, 3.8) is 0 Å². The number of imidazole rings is 1. The molecule has 0 saturated heterocycles. The molecule has 0 amide bonds. The monoisotopic (exact) mass is 396 g/mol. The zero-order valence-electron chi connectivity index (χ0n) is 10.1. The number of nitrogens with one attached hydrogen (secondary N) is 1. The minimum atomic E-state index is 0.697. The molecular formula is C14H10Br2N2S. The van der Waals surface area contributed by atoms with Crippen LogP contribution in [0.5, 0.6) is 0 Å². The van der Waals surface area contributed by atoms with Gasteiger partial charge in [-0.2, -0.15) is 0 Å². The number of aromatic amines is 1. The number of H-pyrrole nitrogens is 1. The van der Waals surface area contributed by atoms with Crippen molar-refractivity contribution >= 4 is 55.1 Å². The van der Waals surface area contributed by atoms with Crippen LogP contribution >= 0.6 is 44.1 Å². The summed E-state index contributed by atoms with van der Waals surface area (Å²) in [6, 6.07) is 12.2. The van der Waals surface area contributed by atoms with Gasteiger partial charge in [0.2, 0.25) is 0 Å². The van der Waals surface area contributed by atoms with Gasteiger partial charge >= 0.3 is 0 Å². The lowest BCUT2D eigenvalue weighted by atomic mass is 10.2. The predicted octanol–water partition coefficient (Wildman–Crippen LogP) is 5.52. The summed E-state index contributed by atoms with van der Waals surface area (Å²) in [5.74, 6) is 0. The highest BCUT2D eigenvalue weighted by atomic mass is 79.9. The average molecular weight is 398 g/mol. The lowest BCUT2D eigenvalue weighted by Gasteiger charge is -2.09. The van der Waals surface area contributed by atoms with E-state index in [-0.39, 0.29) is 0 Å². The molecule has 96 valence electrons. The molecule has 3 rings (SSSR count). The van der Waals surface area contributed by atoms with Crippen LogP contribution in [-0.4, -0.2) is 9.55 Å². The van der Waals surface area contributed by atoms with Crippen molar-refractivity contribution in [3.8, 4) is 5.69 Å². The number of rotatable bonds is 1. The maximum Gasteiger partial charge on any atom is 0.182 e. The highest BCUT2D eigenvalue weighted by molar-refractivity contribution is 9.11. The Morgan fingerprint density at radius 3 is 2.74 bits per heavy atom. The fourth-order valence-corrected chi connectivity index (χ4v) is 3.29. The van der Waals surface area contributed by atoms with Crippen LogP contribution < -0.4 is 0 Å². The summed E-state index contributed by atoms with van der Waals surface area (Å²) < 4.78 is 4.80. The second kappa shape index (κ2) is 4.89. The summed E-state index contributed by atoms with van der Waals surface area (Å²) in [5, 5.41) is 0. The fourth-order valence-electron chi connectivity index (χ4n) is 2.22. The van der Waals surface area contributed by atoms with E-state index >= 15 is 0 Å². The van der Waals surface area contributed by atoms with Gasteiger partial charge in [-0.3, -0.25) is 4.57 Å². The maximum atomic E-state index is 5.47. The first-order chi connectivity index (χ1) is 9.08. The summed E-state index contributed by atoms with van der Waals surface area (Å²) in [6.07, 6.45) is 0. The molecule has 0 spiro atoms.